The molecular weight excluding hydrogens is 196 g/mol. The number of aliphatic carboxylic acids is 1. The van der Waals surface area contributed by atoms with Crippen LogP contribution in [0.3, 0.4) is 0 Å². The molecule has 4 nitrogen and oxygen atoms in total. The zero-order valence-electron chi connectivity index (χ0n) is 8.56. The van der Waals surface area contributed by atoms with Crippen LogP contribution in [0.5, 0.6) is 0 Å². The third-order valence-electron chi connectivity index (χ3n) is 1.84. The molecule has 80 valence electrons. The fraction of sp³-hybridized carbons (Fsp3) is 0.182. The van der Waals surface area contributed by atoms with Crippen LogP contribution in [0.15, 0.2) is 36.1 Å². The maximum absolute atomic E-state index is 10.8. The topological polar surface area (TPSA) is 55.8 Å². The molecule has 0 bridgehead atoms. The number of ether oxygens (including phenoxy) is 2. The molecule has 0 unspecified atom stereocenters. The second kappa shape index (κ2) is 5.05. The van der Waals surface area contributed by atoms with Gasteiger partial charge in [-0.2, -0.15) is 0 Å². The predicted octanol–water partition coefficient (Wildman–Crippen LogP) is 1.73. The highest BCUT2D eigenvalue weighted by Crippen LogP contribution is 2.19. The normalized spacial score (nSPS) is 11.6. The summed E-state index contributed by atoms with van der Waals surface area (Å²) in [6, 6.07) is 8.93. The second-order valence-electron chi connectivity index (χ2n) is 2.74. The summed E-state index contributed by atoms with van der Waals surface area (Å²) in [6.45, 7) is 0. The lowest BCUT2D eigenvalue weighted by Gasteiger charge is -2.09. The van der Waals surface area contributed by atoms with Crippen LogP contribution in [0.1, 0.15) is 5.56 Å². The minimum atomic E-state index is -1.15. The lowest BCUT2D eigenvalue weighted by atomic mass is 10.1. The van der Waals surface area contributed by atoms with E-state index in [0.717, 1.165) is 0 Å². The molecule has 0 radical (unpaired) electrons. The number of methoxy groups -OCH3 is 2. The van der Waals surface area contributed by atoms with E-state index in [0.29, 0.717) is 5.56 Å². The number of carboxylic acids is 1. The highest BCUT2D eigenvalue weighted by molar-refractivity contribution is 5.92. The van der Waals surface area contributed by atoms with Crippen molar-refractivity contribution in [3.8, 4) is 0 Å². The van der Waals surface area contributed by atoms with Gasteiger partial charge in [-0.3, -0.25) is 0 Å². The van der Waals surface area contributed by atoms with Crippen molar-refractivity contribution in [1.29, 1.82) is 0 Å². The number of rotatable bonds is 4. The third-order valence-corrected chi connectivity index (χ3v) is 1.84. The molecule has 0 aliphatic rings. The van der Waals surface area contributed by atoms with Gasteiger partial charge in [-0.15, -0.1) is 0 Å². The Labute approximate surface area is 87.7 Å². The Morgan fingerprint density at radius 1 is 1.13 bits per heavy atom. The average molecular weight is 208 g/mol. The Morgan fingerprint density at radius 2 is 1.73 bits per heavy atom. The van der Waals surface area contributed by atoms with Gasteiger partial charge in [0.2, 0.25) is 5.76 Å². The van der Waals surface area contributed by atoms with Crippen molar-refractivity contribution in [2.45, 2.75) is 0 Å². The highest BCUT2D eigenvalue weighted by Gasteiger charge is 2.17. The smallest absolute Gasteiger partial charge is 0.375 e. The molecule has 0 heterocycles. The van der Waals surface area contributed by atoms with Crippen molar-refractivity contribution in [2.24, 2.45) is 0 Å². The molecule has 15 heavy (non-hydrogen) atoms. The van der Waals surface area contributed by atoms with E-state index in [2.05, 4.69) is 0 Å². The van der Waals surface area contributed by atoms with Crippen molar-refractivity contribution < 1.29 is 19.4 Å². The van der Waals surface area contributed by atoms with Crippen LogP contribution in [-0.4, -0.2) is 25.3 Å². The minimum Gasteiger partial charge on any atom is -0.492 e. The van der Waals surface area contributed by atoms with Gasteiger partial charge < -0.3 is 14.6 Å². The van der Waals surface area contributed by atoms with Gasteiger partial charge in [-0.1, -0.05) is 30.3 Å². The van der Waals surface area contributed by atoms with Crippen LogP contribution in [0.4, 0.5) is 0 Å². The molecule has 1 rings (SSSR count). The molecule has 0 fully saturated rings. The Balaban J connectivity index is 3.23. The Hall–Kier alpha value is -1.97. The molecule has 0 spiro atoms. The van der Waals surface area contributed by atoms with Crippen molar-refractivity contribution in [3.63, 3.8) is 0 Å². The van der Waals surface area contributed by atoms with Crippen molar-refractivity contribution in [2.75, 3.05) is 14.2 Å². The molecule has 0 aromatic heterocycles. The van der Waals surface area contributed by atoms with Gasteiger partial charge in [0.25, 0.3) is 0 Å². The molecular formula is C11H12O4. The SMILES string of the molecule is CO/C(C(=O)O)=C(\OC)c1ccccc1. The molecule has 0 saturated heterocycles. The summed E-state index contributed by atoms with van der Waals surface area (Å²) in [5.74, 6) is -1.15. The molecule has 0 aliphatic heterocycles. The van der Waals surface area contributed by atoms with E-state index in [1.165, 1.54) is 14.2 Å². The minimum absolute atomic E-state index is 0.205. The van der Waals surface area contributed by atoms with Gasteiger partial charge in [-0.05, 0) is 0 Å². The third kappa shape index (κ3) is 2.49. The number of carbonyl (C=O) groups is 1. The Bertz CT molecular complexity index is 367. The second-order valence-corrected chi connectivity index (χ2v) is 2.74. The number of hydrogen-bond acceptors (Lipinski definition) is 3. The summed E-state index contributed by atoms with van der Waals surface area (Å²) in [7, 11) is 2.70. The highest BCUT2D eigenvalue weighted by atomic mass is 16.5. The first kappa shape index (κ1) is 11.1. The largest absolute Gasteiger partial charge is 0.492 e. The summed E-state index contributed by atoms with van der Waals surface area (Å²) in [5, 5.41) is 8.87. The molecule has 0 atom stereocenters. The van der Waals surface area contributed by atoms with Crippen LogP contribution in [0, 0.1) is 0 Å². The van der Waals surface area contributed by atoms with Crippen LogP contribution >= 0.6 is 0 Å². The predicted molar refractivity (Wildman–Crippen MR) is 55.0 cm³/mol. The van der Waals surface area contributed by atoms with E-state index in [4.69, 9.17) is 14.6 Å². The van der Waals surface area contributed by atoms with Gasteiger partial charge in [0, 0.05) is 5.56 Å². The first-order valence-electron chi connectivity index (χ1n) is 4.31. The molecule has 0 aliphatic carbocycles. The van der Waals surface area contributed by atoms with Gasteiger partial charge in [0.1, 0.15) is 0 Å². The quantitative estimate of drug-likeness (QED) is 0.604. The van der Waals surface area contributed by atoms with E-state index in [9.17, 15) is 4.79 Å². The van der Waals surface area contributed by atoms with E-state index >= 15 is 0 Å². The molecule has 4 heteroatoms. The molecule has 1 aromatic carbocycles. The Kier molecular flexibility index (Phi) is 3.74. The number of benzene rings is 1. The van der Waals surface area contributed by atoms with E-state index < -0.39 is 5.97 Å². The zero-order valence-corrected chi connectivity index (χ0v) is 8.56. The van der Waals surface area contributed by atoms with Gasteiger partial charge >= 0.3 is 5.97 Å². The monoisotopic (exact) mass is 208 g/mol. The van der Waals surface area contributed by atoms with Crippen molar-refractivity contribution in [1.82, 2.24) is 0 Å². The standard InChI is InChI=1S/C11H12O4/c1-14-9(10(15-2)11(12)13)8-6-4-3-5-7-8/h3-7H,1-2H3,(H,12,13)/b10-9-. The summed E-state index contributed by atoms with van der Waals surface area (Å²) in [5.41, 5.74) is 0.666. The summed E-state index contributed by atoms with van der Waals surface area (Å²) in [6.07, 6.45) is 0. The van der Waals surface area contributed by atoms with E-state index in [-0.39, 0.29) is 11.5 Å². The van der Waals surface area contributed by atoms with Gasteiger partial charge in [0.15, 0.2) is 5.76 Å². The van der Waals surface area contributed by atoms with Crippen molar-refractivity contribution in [3.05, 3.63) is 41.7 Å². The fourth-order valence-electron chi connectivity index (χ4n) is 1.21. The summed E-state index contributed by atoms with van der Waals surface area (Å²) >= 11 is 0. The Morgan fingerprint density at radius 3 is 2.13 bits per heavy atom. The zero-order chi connectivity index (χ0) is 11.3. The van der Waals surface area contributed by atoms with Crippen LogP contribution in [0.2, 0.25) is 0 Å². The summed E-state index contributed by atoms with van der Waals surface area (Å²) in [4.78, 5) is 10.8. The van der Waals surface area contributed by atoms with E-state index in [1.54, 1.807) is 24.3 Å². The number of carboxylic acid groups (broad SMARTS) is 1. The fourth-order valence-corrected chi connectivity index (χ4v) is 1.21. The number of hydrogen-bond donors (Lipinski definition) is 1. The lowest BCUT2D eigenvalue weighted by molar-refractivity contribution is -0.136. The van der Waals surface area contributed by atoms with E-state index in [1.807, 2.05) is 6.07 Å². The maximum atomic E-state index is 10.8. The molecule has 0 amide bonds. The first-order valence-corrected chi connectivity index (χ1v) is 4.31. The molecule has 0 saturated carbocycles. The first-order chi connectivity index (χ1) is 7.20. The maximum Gasteiger partial charge on any atom is 0.375 e. The van der Waals surface area contributed by atoms with Crippen LogP contribution in [0.25, 0.3) is 5.76 Å². The molecule has 1 N–H and O–H groups in total. The van der Waals surface area contributed by atoms with Crippen molar-refractivity contribution >= 4 is 11.7 Å². The van der Waals surface area contributed by atoms with Crippen LogP contribution < -0.4 is 0 Å². The average Bonchev–Trinajstić information content (AvgIpc) is 2.26. The summed E-state index contributed by atoms with van der Waals surface area (Å²) < 4.78 is 9.80. The van der Waals surface area contributed by atoms with Gasteiger partial charge in [-0.25, -0.2) is 4.79 Å². The van der Waals surface area contributed by atoms with Crippen LogP contribution in [-0.2, 0) is 14.3 Å². The lowest BCUT2D eigenvalue weighted by Crippen LogP contribution is -2.07. The molecule has 1 aromatic rings. The van der Waals surface area contributed by atoms with Gasteiger partial charge in [0.05, 0.1) is 14.2 Å².